The predicted molar refractivity (Wildman–Crippen MR) is 57.6 cm³/mol. The topological polar surface area (TPSA) is 51.0 Å². The highest BCUT2D eigenvalue weighted by molar-refractivity contribution is 7.13. The Morgan fingerprint density at radius 3 is 3.20 bits per heavy atom. The third-order valence-corrected chi connectivity index (χ3v) is 3.39. The maximum Gasteiger partial charge on any atom is 0.257 e. The number of nitrogens with zero attached hydrogens (tertiary/aromatic N) is 2. The minimum Gasteiger partial charge on any atom is -0.418 e. The van der Waals surface area contributed by atoms with Gasteiger partial charge in [0, 0.05) is 0 Å². The van der Waals surface area contributed by atoms with Gasteiger partial charge in [-0.25, -0.2) is 0 Å². The molecule has 0 aromatic carbocycles. The highest BCUT2D eigenvalue weighted by Crippen LogP contribution is 2.27. The lowest BCUT2D eigenvalue weighted by atomic mass is 10.2. The highest BCUT2D eigenvalue weighted by Gasteiger charge is 2.22. The minimum absolute atomic E-state index is 0.256. The van der Waals surface area contributed by atoms with Crippen molar-refractivity contribution in [3.63, 3.8) is 0 Å². The number of rotatable bonds is 2. The van der Waals surface area contributed by atoms with Gasteiger partial charge in [-0.15, -0.1) is 21.5 Å². The van der Waals surface area contributed by atoms with Crippen molar-refractivity contribution in [2.75, 3.05) is 6.54 Å². The summed E-state index contributed by atoms with van der Waals surface area (Å²) in [5.74, 6) is 1.35. The molecule has 15 heavy (non-hydrogen) atoms. The molecule has 1 saturated heterocycles. The van der Waals surface area contributed by atoms with Crippen LogP contribution in [0.2, 0.25) is 0 Å². The van der Waals surface area contributed by atoms with E-state index in [9.17, 15) is 0 Å². The van der Waals surface area contributed by atoms with Gasteiger partial charge >= 0.3 is 0 Å². The average Bonchev–Trinajstić information content (AvgIpc) is 3.02. The molecule has 1 fully saturated rings. The Balaban J connectivity index is 1.87. The van der Waals surface area contributed by atoms with Crippen LogP contribution < -0.4 is 5.32 Å². The van der Waals surface area contributed by atoms with Gasteiger partial charge in [0.25, 0.3) is 5.89 Å². The summed E-state index contributed by atoms with van der Waals surface area (Å²) in [6.45, 7) is 1.04. The molecule has 0 radical (unpaired) electrons. The Bertz CT molecular complexity index is 431. The molecule has 0 spiro atoms. The smallest absolute Gasteiger partial charge is 0.257 e. The molecule has 3 rings (SSSR count). The fourth-order valence-electron chi connectivity index (χ4n) is 1.77. The second kappa shape index (κ2) is 3.75. The molecule has 1 atom stereocenters. The summed E-state index contributed by atoms with van der Waals surface area (Å²) in [6, 6.07) is 4.23. The standard InChI is InChI=1S/C10H11N3OS/c1-3-7(11-5-1)9-12-13-10(14-9)8-4-2-6-15-8/h2,4,6-7,11H,1,3,5H2/t7-/m0/s1. The van der Waals surface area contributed by atoms with Crippen LogP contribution in [0.25, 0.3) is 10.8 Å². The van der Waals surface area contributed by atoms with Crippen molar-refractivity contribution in [2.45, 2.75) is 18.9 Å². The Labute approximate surface area is 91.3 Å². The van der Waals surface area contributed by atoms with E-state index >= 15 is 0 Å². The lowest BCUT2D eigenvalue weighted by Gasteiger charge is -2.01. The molecule has 1 aliphatic rings. The zero-order chi connectivity index (χ0) is 10.1. The van der Waals surface area contributed by atoms with E-state index in [1.54, 1.807) is 11.3 Å². The molecule has 78 valence electrons. The van der Waals surface area contributed by atoms with Crippen molar-refractivity contribution >= 4 is 11.3 Å². The molecule has 1 aliphatic heterocycles. The number of hydrogen-bond donors (Lipinski definition) is 1. The van der Waals surface area contributed by atoms with Gasteiger partial charge < -0.3 is 9.73 Å². The molecular formula is C10H11N3OS. The van der Waals surface area contributed by atoms with E-state index in [-0.39, 0.29) is 6.04 Å². The molecule has 2 aromatic heterocycles. The maximum absolute atomic E-state index is 5.64. The lowest BCUT2D eigenvalue weighted by Crippen LogP contribution is -2.12. The van der Waals surface area contributed by atoms with Gasteiger partial charge in [0.15, 0.2) is 0 Å². The molecule has 0 saturated carbocycles. The summed E-state index contributed by atoms with van der Waals surface area (Å²) in [4.78, 5) is 1.03. The van der Waals surface area contributed by atoms with E-state index in [4.69, 9.17) is 4.42 Å². The summed E-state index contributed by atoms with van der Waals surface area (Å²) in [7, 11) is 0. The minimum atomic E-state index is 0.256. The van der Waals surface area contributed by atoms with Gasteiger partial charge in [0.2, 0.25) is 5.89 Å². The third kappa shape index (κ3) is 1.68. The van der Waals surface area contributed by atoms with Gasteiger partial charge in [-0.2, -0.15) is 0 Å². The van der Waals surface area contributed by atoms with Crippen molar-refractivity contribution in [3.05, 3.63) is 23.4 Å². The Morgan fingerprint density at radius 1 is 1.47 bits per heavy atom. The van der Waals surface area contributed by atoms with Crippen LogP contribution in [0.1, 0.15) is 24.8 Å². The zero-order valence-corrected chi connectivity index (χ0v) is 8.96. The van der Waals surface area contributed by atoms with Crippen molar-refractivity contribution in [1.29, 1.82) is 0 Å². The van der Waals surface area contributed by atoms with E-state index < -0.39 is 0 Å². The summed E-state index contributed by atoms with van der Waals surface area (Å²) >= 11 is 1.62. The number of aromatic nitrogens is 2. The summed E-state index contributed by atoms with van der Waals surface area (Å²) in [5, 5.41) is 13.5. The van der Waals surface area contributed by atoms with Crippen LogP contribution in [-0.2, 0) is 0 Å². The van der Waals surface area contributed by atoms with Crippen molar-refractivity contribution in [1.82, 2.24) is 15.5 Å². The van der Waals surface area contributed by atoms with Gasteiger partial charge in [-0.05, 0) is 30.8 Å². The van der Waals surface area contributed by atoms with Crippen molar-refractivity contribution in [2.24, 2.45) is 0 Å². The van der Waals surface area contributed by atoms with Gasteiger partial charge in [-0.1, -0.05) is 6.07 Å². The van der Waals surface area contributed by atoms with Crippen LogP contribution in [0.4, 0.5) is 0 Å². The summed E-state index contributed by atoms with van der Waals surface area (Å²) < 4.78 is 5.64. The molecule has 3 heterocycles. The molecule has 4 nitrogen and oxygen atoms in total. The number of thiophene rings is 1. The van der Waals surface area contributed by atoms with Crippen LogP contribution in [0, 0.1) is 0 Å². The van der Waals surface area contributed by atoms with Crippen molar-refractivity contribution < 1.29 is 4.42 Å². The van der Waals surface area contributed by atoms with E-state index in [2.05, 4.69) is 15.5 Å². The number of nitrogens with one attached hydrogen (secondary N) is 1. The van der Waals surface area contributed by atoms with Gasteiger partial charge in [0.05, 0.1) is 10.9 Å². The van der Waals surface area contributed by atoms with Crippen LogP contribution in [-0.4, -0.2) is 16.7 Å². The molecule has 0 aliphatic carbocycles. The molecular weight excluding hydrogens is 210 g/mol. The average molecular weight is 221 g/mol. The van der Waals surface area contributed by atoms with Crippen molar-refractivity contribution in [3.8, 4) is 10.8 Å². The first-order valence-corrected chi connectivity index (χ1v) is 5.92. The lowest BCUT2D eigenvalue weighted by molar-refractivity contribution is 0.438. The molecule has 0 bridgehead atoms. The summed E-state index contributed by atoms with van der Waals surface area (Å²) in [5.41, 5.74) is 0. The first-order valence-electron chi connectivity index (χ1n) is 5.04. The first kappa shape index (κ1) is 9.06. The van der Waals surface area contributed by atoms with Crippen LogP contribution in [0.3, 0.4) is 0 Å². The number of hydrogen-bond acceptors (Lipinski definition) is 5. The normalized spacial score (nSPS) is 20.9. The Hall–Kier alpha value is -1.20. The molecule has 0 unspecified atom stereocenters. The fraction of sp³-hybridized carbons (Fsp3) is 0.400. The van der Waals surface area contributed by atoms with E-state index in [0.717, 1.165) is 23.7 Å². The monoisotopic (exact) mass is 221 g/mol. The SMILES string of the molecule is c1csc(-c2nnc([C@@H]3CCCN3)o2)c1. The third-order valence-electron chi connectivity index (χ3n) is 2.53. The highest BCUT2D eigenvalue weighted by atomic mass is 32.1. The van der Waals surface area contributed by atoms with E-state index in [1.165, 1.54) is 6.42 Å². The van der Waals surface area contributed by atoms with Crippen LogP contribution in [0.5, 0.6) is 0 Å². The second-order valence-corrected chi connectivity index (χ2v) is 4.52. The second-order valence-electron chi connectivity index (χ2n) is 3.57. The maximum atomic E-state index is 5.64. The fourth-order valence-corrected chi connectivity index (χ4v) is 2.41. The van der Waals surface area contributed by atoms with Gasteiger partial charge in [-0.3, -0.25) is 0 Å². The van der Waals surface area contributed by atoms with E-state index in [1.807, 2.05) is 17.5 Å². The molecule has 0 amide bonds. The molecule has 2 aromatic rings. The molecule has 1 N–H and O–H groups in total. The van der Waals surface area contributed by atoms with Crippen LogP contribution in [0.15, 0.2) is 21.9 Å². The Morgan fingerprint density at radius 2 is 2.47 bits per heavy atom. The Kier molecular flexibility index (Phi) is 2.26. The summed E-state index contributed by atoms with van der Waals surface area (Å²) in [6.07, 6.45) is 2.27. The quantitative estimate of drug-likeness (QED) is 0.844. The van der Waals surface area contributed by atoms with Crippen LogP contribution >= 0.6 is 11.3 Å². The largest absolute Gasteiger partial charge is 0.418 e. The predicted octanol–water partition coefficient (Wildman–Crippen LogP) is 2.22. The molecule has 5 heteroatoms. The first-order chi connectivity index (χ1) is 7.43. The zero-order valence-electron chi connectivity index (χ0n) is 8.14. The van der Waals surface area contributed by atoms with E-state index in [0.29, 0.717) is 5.89 Å². The van der Waals surface area contributed by atoms with Gasteiger partial charge in [0.1, 0.15) is 0 Å².